The summed E-state index contributed by atoms with van der Waals surface area (Å²) in [6.07, 6.45) is -1.04. The van der Waals surface area contributed by atoms with E-state index in [-0.39, 0.29) is 22.6 Å². The second kappa shape index (κ2) is 8.81. The van der Waals surface area contributed by atoms with Crippen LogP contribution in [0, 0.1) is 11.8 Å². The normalized spacial score (nSPS) is 14.6. The lowest BCUT2D eigenvalue weighted by Crippen LogP contribution is -2.40. The van der Waals surface area contributed by atoms with Gasteiger partial charge in [0.15, 0.2) is 0 Å². The van der Waals surface area contributed by atoms with Crippen LogP contribution >= 0.6 is 0 Å². The molecule has 2 rings (SSSR count). The second-order valence-corrected chi connectivity index (χ2v) is 9.11. The molecule has 150 valence electrons. The average molecular weight is 397 g/mol. The van der Waals surface area contributed by atoms with Gasteiger partial charge in [-0.15, -0.1) is 5.10 Å². The summed E-state index contributed by atoms with van der Waals surface area (Å²) < 4.78 is 34.0. The van der Waals surface area contributed by atoms with E-state index in [0.29, 0.717) is 13.0 Å². The number of aliphatic hydroxyl groups excluding tert-OH is 1. The standard InChI is InChI=1S/C18H27N3O5S/c1-12(2)10-15(20-27(24,25)14-8-6-5-7-9-14)16(22)17-19-21(11-13(3)4)18(23)26-17/h5-9,12-13,15-16,20,22H,10-11H2,1-4H3. The van der Waals surface area contributed by atoms with Gasteiger partial charge in [-0.25, -0.2) is 17.9 Å². The molecule has 0 aliphatic carbocycles. The average Bonchev–Trinajstić information content (AvgIpc) is 2.94. The lowest BCUT2D eigenvalue weighted by atomic mass is 10.00. The lowest BCUT2D eigenvalue weighted by Gasteiger charge is -2.23. The molecule has 0 radical (unpaired) electrons. The van der Waals surface area contributed by atoms with E-state index in [9.17, 15) is 18.3 Å². The topological polar surface area (TPSA) is 114 Å². The van der Waals surface area contributed by atoms with E-state index in [0.717, 1.165) is 4.68 Å². The third-order valence-electron chi connectivity index (χ3n) is 3.88. The first kappa shape index (κ1) is 21.3. The van der Waals surface area contributed by atoms with Crippen LogP contribution in [0.3, 0.4) is 0 Å². The number of hydrogen-bond acceptors (Lipinski definition) is 6. The zero-order chi connectivity index (χ0) is 20.2. The molecule has 2 unspecified atom stereocenters. The van der Waals surface area contributed by atoms with Crippen LogP contribution in [-0.2, 0) is 16.6 Å². The van der Waals surface area contributed by atoms with E-state index < -0.39 is 27.9 Å². The Balaban J connectivity index is 2.29. The number of nitrogens with one attached hydrogen (secondary N) is 1. The van der Waals surface area contributed by atoms with Gasteiger partial charge in [0.25, 0.3) is 0 Å². The molecule has 0 fully saturated rings. The number of rotatable bonds is 9. The Morgan fingerprint density at radius 3 is 2.33 bits per heavy atom. The predicted octanol–water partition coefficient (Wildman–Crippen LogP) is 1.92. The maximum Gasteiger partial charge on any atom is 0.437 e. The summed E-state index contributed by atoms with van der Waals surface area (Å²) in [6, 6.07) is 7.01. The van der Waals surface area contributed by atoms with Crippen molar-refractivity contribution in [2.75, 3.05) is 0 Å². The molecule has 0 saturated heterocycles. The van der Waals surface area contributed by atoms with E-state index in [1.165, 1.54) is 12.1 Å². The zero-order valence-electron chi connectivity index (χ0n) is 16.0. The first-order valence-electron chi connectivity index (χ1n) is 8.93. The molecular formula is C18H27N3O5S. The van der Waals surface area contributed by atoms with Crippen molar-refractivity contribution in [3.05, 3.63) is 46.8 Å². The molecule has 1 heterocycles. The summed E-state index contributed by atoms with van der Waals surface area (Å²) >= 11 is 0. The minimum absolute atomic E-state index is 0.0904. The predicted molar refractivity (Wildman–Crippen MR) is 101 cm³/mol. The molecule has 1 aromatic heterocycles. The highest BCUT2D eigenvalue weighted by Gasteiger charge is 2.31. The molecule has 2 aromatic rings. The SMILES string of the molecule is CC(C)CC(NS(=O)(=O)c1ccccc1)C(O)c1nn(CC(C)C)c(=O)o1. The van der Waals surface area contributed by atoms with Crippen molar-refractivity contribution in [1.29, 1.82) is 0 Å². The van der Waals surface area contributed by atoms with E-state index in [2.05, 4.69) is 9.82 Å². The Morgan fingerprint density at radius 2 is 1.78 bits per heavy atom. The van der Waals surface area contributed by atoms with Crippen molar-refractivity contribution < 1.29 is 17.9 Å². The summed E-state index contributed by atoms with van der Waals surface area (Å²) in [6.45, 7) is 8.01. The molecule has 2 atom stereocenters. The summed E-state index contributed by atoms with van der Waals surface area (Å²) in [7, 11) is -3.84. The van der Waals surface area contributed by atoms with Crippen LogP contribution in [0.1, 0.15) is 46.1 Å². The number of hydrogen-bond donors (Lipinski definition) is 2. The maximum atomic E-state index is 12.6. The van der Waals surface area contributed by atoms with Gasteiger partial charge in [-0.1, -0.05) is 45.9 Å². The van der Waals surface area contributed by atoms with Gasteiger partial charge in [-0.3, -0.25) is 0 Å². The molecule has 0 spiro atoms. The Hall–Kier alpha value is -1.97. The molecule has 0 bridgehead atoms. The third kappa shape index (κ3) is 5.75. The minimum Gasteiger partial charge on any atom is -0.389 e. The fourth-order valence-electron chi connectivity index (χ4n) is 2.69. The third-order valence-corrected chi connectivity index (χ3v) is 5.39. The summed E-state index contributed by atoms with van der Waals surface area (Å²) in [5, 5.41) is 14.7. The fourth-order valence-corrected chi connectivity index (χ4v) is 3.97. The van der Waals surface area contributed by atoms with Crippen LogP contribution in [-0.4, -0.2) is 29.3 Å². The van der Waals surface area contributed by atoms with Gasteiger partial charge in [0.1, 0.15) is 6.10 Å². The quantitative estimate of drug-likeness (QED) is 0.668. The number of aliphatic hydroxyl groups is 1. The van der Waals surface area contributed by atoms with Crippen LogP contribution in [0.2, 0.25) is 0 Å². The van der Waals surface area contributed by atoms with Crippen molar-refractivity contribution in [2.24, 2.45) is 11.8 Å². The molecule has 0 aliphatic rings. The van der Waals surface area contributed by atoms with Gasteiger partial charge < -0.3 is 9.52 Å². The smallest absolute Gasteiger partial charge is 0.389 e. The van der Waals surface area contributed by atoms with Gasteiger partial charge in [-0.05, 0) is 30.4 Å². The Labute approximate surface area is 159 Å². The van der Waals surface area contributed by atoms with Crippen LogP contribution in [0.25, 0.3) is 0 Å². The van der Waals surface area contributed by atoms with Crippen LogP contribution in [0.15, 0.2) is 44.4 Å². The zero-order valence-corrected chi connectivity index (χ0v) is 16.8. The van der Waals surface area contributed by atoms with E-state index >= 15 is 0 Å². The van der Waals surface area contributed by atoms with Gasteiger partial charge in [0.2, 0.25) is 15.9 Å². The summed E-state index contributed by atoms with van der Waals surface area (Å²) in [5.41, 5.74) is 0. The number of benzene rings is 1. The largest absolute Gasteiger partial charge is 0.437 e. The maximum absolute atomic E-state index is 12.6. The highest BCUT2D eigenvalue weighted by atomic mass is 32.2. The summed E-state index contributed by atoms with van der Waals surface area (Å²) in [5.74, 6) is -0.609. The van der Waals surface area contributed by atoms with E-state index in [1.54, 1.807) is 18.2 Å². The van der Waals surface area contributed by atoms with E-state index in [1.807, 2.05) is 27.7 Å². The second-order valence-electron chi connectivity index (χ2n) is 7.40. The Morgan fingerprint density at radius 1 is 1.15 bits per heavy atom. The molecule has 0 amide bonds. The highest BCUT2D eigenvalue weighted by Crippen LogP contribution is 2.22. The molecule has 27 heavy (non-hydrogen) atoms. The molecular weight excluding hydrogens is 370 g/mol. The van der Waals surface area contributed by atoms with Gasteiger partial charge in [-0.2, -0.15) is 4.68 Å². The molecule has 1 aromatic carbocycles. The number of aromatic nitrogens is 2. The Kier molecular flexibility index (Phi) is 6.96. The molecule has 0 saturated carbocycles. The molecule has 9 heteroatoms. The minimum atomic E-state index is -3.84. The number of nitrogens with zero attached hydrogens (tertiary/aromatic N) is 2. The summed E-state index contributed by atoms with van der Waals surface area (Å²) in [4.78, 5) is 12.0. The van der Waals surface area contributed by atoms with Crippen molar-refractivity contribution in [3.8, 4) is 0 Å². The van der Waals surface area contributed by atoms with Crippen LogP contribution < -0.4 is 10.5 Å². The fraction of sp³-hybridized carbons (Fsp3) is 0.556. The van der Waals surface area contributed by atoms with Crippen molar-refractivity contribution >= 4 is 10.0 Å². The lowest BCUT2D eigenvalue weighted by molar-refractivity contribution is 0.0981. The van der Waals surface area contributed by atoms with Gasteiger partial charge >= 0.3 is 5.76 Å². The van der Waals surface area contributed by atoms with Crippen LogP contribution in [0.5, 0.6) is 0 Å². The van der Waals surface area contributed by atoms with E-state index in [4.69, 9.17) is 4.42 Å². The first-order chi connectivity index (χ1) is 12.6. The van der Waals surface area contributed by atoms with Crippen molar-refractivity contribution in [3.63, 3.8) is 0 Å². The molecule has 2 N–H and O–H groups in total. The van der Waals surface area contributed by atoms with Crippen molar-refractivity contribution in [2.45, 2.75) is 57.7 Å². The number of sulfonamides is 1. The molecule has 8 nitrogen and oxygen atoms in total. The van der Waals surface area contributed by atoms with Crippen molar-refractivity contribution in [1.82, 2.24) is 14.5 Å². The monoisotopic (exact) mass is 397 g/mol. The highest BCUT2D eigenvalue weighted by molar-refractivity contribution is 7.89. The van der Waals surface area contributed by atoms with Crippen LogP contribution in [0.4, 0.5) is 0 Å². The molecule has 0 aliphatic heterocycles. The Bertz CT molecular complexity index is 887. The van der Waals surface area contributed by atoms with Gasteiger partial charge in [0, 0.05) is 0 Å². The van der Waals surface area contributed by atoms with Gasteiger partial charge in [0.05, 0.1) is 17.5 Å². The first-order valence-corrected chi connectivity index (χ1v) is 10.4.